The maximum absolute atomic E-state index is 13.7. The highest BCUT2D eigenvalue weighted by atomic mass is 32.2. The van der Waals surface area contributed by atoms with E-state index in [-0.39, 0.29) is 40.7 Å². The summed E-state index contributed by atoms with van der Waals surface area (Å²) in [5, 5.41) is 9.91. The number of methoxy groups -OCH3 is 1. The molecule has 2 N–H and O–H groups in total. The van der Waals surface area contributed by atoms with Gasteiger partial charge in [-0.05, 0) is 62.0 Å². The fraction of sp³-hybridized carbons (Fsp3) is 0.367. The summed E-state index contributed by atoms with van der Waals surface area (Å²) in [6, 6.07) is 20.2. The van der Waals surface area contributed by atoms with Gasteiger partial charge in [-0.1, -0.05) is 37.3 Å². The maximum Gasteiger partial charge on any atom is 0.261 e. The van der Waals surface area contributed by atoms with E-state index in [9.17, 15) is 18.3 Å². The van der Waals surface area contributed by atoms with Gasteiger partial charge in [0.25, 0.3) is 15.9 Å². The van der Waals surface area contributed by atoms with Gasteiger partial charge in [-0.3, -0.25) is 14.4 Å². The Morgan fingerprint density at radius 2 is 1.82 bits per heavy atom. The number of fused-ring (bicyclic) bond motifs is 1. The Balaban J connectivity index is 1.61. The topological polar surface area (TPSA) is 108 Å². The number of likely N-dealkylation sites (N-methyl/N-ethyl adjacent to an activating group) is 1. The second kappa shape index (κ2) is 12.7. The lowest BCUT2D eigenvalue weighted by Crippen LogP contribution is -2.49. The van der Waals surface area contributed by atoms with Crippen molar-refractivity contribution in [2.45, 2.75) is 37.4 Å². The molecule has 0 aliphatic carbocycles. The van der Waals surface area contributed by atoms with Crippen molar-refractivity contribution in [2.24, 2.45) is 5.92 Å². The first kappa shape index (κ1) is 29.4. The average Bonchev–Trinajstić information content (AvgIpc) is 2.95. The maximum atomic E-state index is 13.7. The van der Waals surface area contributed by atoms with Crippen LogP contribution in [0.5, 0.6) is 11.5 Å². The standard InChI is InChI=1S/C30H37N3O6S/c1-21-17-33(22(2)20-34)30(35)27-16-24(31-40(36,37)26-8-6-5-7-9-26)12-15-28(27)39-29(21)19-32(3)18-23-10-13-25(38-4)14-11-23/h5-16,21-22,29,31,34H,17-20H2,1-4H3/t21-,22-,29+/m1/s1. The van der Waals surface area contributed by atoms with E-state index in [1.165, 1.54) is 18.2 Å². The van der Waals surface area contributed by atoms with E-state index in [1.807, 2.05) is 38.2 Å². The molecule has 0 aromatic heterocycles. The Bertz CT molecular complexity index is 1400. The molecule has 1 aliphatic heterocycles. The van der Waals surface area contributed by atoms with Gasteiger partial charge in [0.15, 0.2) is 0 Å². The smallest absolute Gasteiger partial charge is 0.261 e. The molecule has 1 heterocycles. The van der Waals surface area contributed by atoms with Crippen LogP contribution in [0.3, 0.4) is 0 Å². The summed E-state index contributed by atoms with van der Waals surface area (Å²) in [4.78, 5) is 17.6. The molecule has 3 atom stereocenters. The van der Waals surface area contributed by atoms with Crippen molar-refractivity contribution in [3.05, 3.63) is 83.9 Å². The summed E-state index contributed by atoms with van der Waals surface area (Å²) in [5.41, 5.74) is 1.62. The second-order valence-corrected chi connectivity index (χ2v) is 12.0. The first-order valence-electron chi connectivity index (χ1n) is 13.2. The van der Waals surface area contributed by atoms with Crippen LogP contribution in [0.1, 0.15) is 29.8 Å². The van der Waals surface area contributed by atoms with Gasteiger partial charge >= 0.3 is 0 Å². The molecule has 1 aliphatic rings. The molecule has 10 heteroatoms. The Labute approximate surface area is 236 Å². The summed E-state index contributed by atoms with van der Waals surface area (Å²) in [7, 11) is -0.195. The van der Waals surface area contributed by atoms with Crippen molar-refractivity contribution in [1.29, 1.82) is 0 Å². The van der Waals surface area contributed by atoms with E-state index in [4.69, 9.17) is 9.47 Å². The van der Waals surface area contributed by atoms with Crippen LogP contribution >= 0.6 is 0 Å². The third-order valence-corrected chi connectivity index (χ3v) is 8.47. The van der Waals surface area contributed by atoms with Crippen LogP contribution in [0.25, 0.3) is 0 Å². The van der Waals surface area contributed by atoms with Crippen LogP contribution in [-0.2, 0) is 16.6 Å². The van der Waals surface area contributed by atoms with E-state index in [0.29, 0.717) is 25.4 Å². The Kier molecular flexibility index (Phi) is 9.34. The molecule has 3 aromatic rings. The molecule has 214 valence electrons. The summed E-state index contributed by atoms with van der Waals surface area (Å²) >= 11 is 0. The van der Waals surface area contributed by atoms with E-state index in [1.54, 1.807) is 49.3 Å². The molecule has 0 saturated heterocycles. The second-order valence-electron chi connectivity index (χ2n) is 10.3. The highest BCUT2D eigenvalue weighted by molar-refractivity contribution is 7.92. The molecule has 0 radical (unpaired) electrons. The first-order valence-corrected chi connectivity index (χ1v) is 14.7. The lowest BCUT2D eigenvalue weighted by molar-refractivity contribution is 0.0341. The molecule has 0 unspecified atom stereocenters. The van der Waals surface area contributed by atoms with Crippen molar-refractivity contribution in [1.82, 2.24) is 9.80 Å². The highest BCUT2D eigenvalue weighted by Crippen LogP contribution is 2.31. The van der Waals surface area contributed by atoms with Crippen LogP contribution < -0.4 is 14.2 Å². The zero-order valence-corrected chi connectivity index (χ0v) is 24.1. The van der Waals surface area contributed by atoms with Gasteiger partial charge in [0, 0.05) is 31.2 Å². The van der Waals surface area contributed by atoms with Gasteiger partial charge < -0.3 is 19.5 Å². The summed E-state index contributed by atoms with van der Waals surface area (Å²) in [5.74, 6) is 0.806. The Morgan fingerprint density at radius 1 is 1.12 bits per heavy atom. The fourth-order valence-electron chi connectivity index (χ4n) is 4.73. The number of ether oxygens (including phenoxy) is 2. The van der Waals surface area contributed by atoms with Crippen LogP contribution in [0.4, 0.5) is 5.69 Å². The molecular weight excluding hydrogens is 530 g/mol. The number of aliphatic hydroxyl groups excluding tert-OH is 1. The Morgan fingerprint density at radius 3 is 2.48 bits per heavy atom. The molecule has 0 bridgehead atoms. The zero-order valence-electron chi connectivity index (χ0n) is 23.3. The van der Waals surface area contributed by atoms with Gasteiger partial charge in [0.2, 0.25) is 0 Å². The van der Waals surface area contributed by atoms with Crippen LogP contribution in [0.15, 0.2) is 77.7 Å². The summed E-state index contributed by atoms with van der Waals surface area (Å²) in [6.45, 7) is 5.28. The fourth-order valence-corrected chi connectivity index (χ4v) is 5.80. The number of sulfonamides is 1. The highest BCUT2D eigenvalue weighted by Gasteiger charge is 2.33. The number of hydrogen-bond acceptors (Lipinski definition) is 7. The lowest BCUT2D eigenvalue weighted by atomic mass is 9.99. The first-order chi connectivity index (χ1) is 19.1. The number of carbonyl (C=O) groups is 1. The van der Waals surface area contributed by atoms with E-state index >= 15 is 0 Å². The van der Waals surface area contributed by atoms with Gasteiger partial charge in [-0.15, -0.1) is 0 Å². The number of nitrogens with one attached hydrogen (secondary N) is 1. The number of anilines is 1. The third-order valence-electron chi connectivity index (χ3n) is 7.07. The molecule has 0 spiro atoms. The average molecular weight is 568 g/mol. The predicted octanol–water partition coefficient (Wildman–Crippen LogP) is 3.85. The molecule has 0 saturated carbocycles. The number of rotatable bonds is 10. The van der Waals surface area contributed by atoms with Gasteiger partial charge in [0.05, 0.1) is 30.2 Å². The number of aliphatic hydroxyl groups is 1. The quantitative estimate of drug-likeness (QED) is 0.383. The molecule has 9 nitrogen and oxygen atoms in total. The Hall–Kier alpha value is -3.60. The van der Waals surface area contributed by atoms with Crippen molar-refractivity contribution in [3.8, 4) is 11.5 Å². The molecule has 4 rings (SSSR count). The third kappa shape index (κ3) is 6.93. The van der Waals surface area contributed by atoms with Gasteiger partial charge in [0.1, 0.15) is 17.6 Å². The van der Waals surface area contributed by atoms with Gasteiger partial charge in [-0.2, -0.15) is 0 Å². The predicted molar refractivity (Wildman–Crippen MR) is 154 cm³/mol. The SMILES string of the molecule is COc1ccc(CN(C)C[C@@H]2Oc3ccc(NS(=O)(=O)c4ccccc4)cc3C(=O)N([C@H](C)CO)C[C@H]2C)cc1. The minimum atomic E-state index is -3.85. The normalized spacial score (nSPS) is 18.4. The van der Waals surface area contributed by atoms with Crippen molar-refractivity contribution < 1.29 is 27.8 Å². The zero-order chi connectivity index (χ0) is 28.9. The monoisotopic (exact) mass is 567 g/mol. The van der Waals surface area contributed by atoms with E-state index < -0.39 is 16.1 Å². The largest absolute Gasteiger partial charge is 0.497 e. The number of carbonyl (C=O) groups excluding carboxylic acids is 1. The van der Waals surface area contributed by atoms with Crippen molar-refractivity contribution in [3.63, 3.8) is 0 Å². The van der Waals surface area contributed by atoms with Crippen LogP contribution in [-0.4, -0.2) is 75.2 Å². The number of amides is 1. The van der Waals surface area contributed by atoms with Crippen molar-refractivity contribution >= 4 is 21.6 Å². The van der Waals surface area contributed by atoms with E-state index in [2.05, 4.69) is 9.62 Å². The van der Waals surface area contributed by atoms with Crippen LogP contribution in [0.2, 0.25) is 0 Å². The van der Waals surface area contributed by atoms with Gasteiger partial charge in [-0.25, -0.2) is 8.42 Å². The van der Waals surface area contributed by atoms with E-state index in [0.717, 1.165) is 11.3 Å². The number of benzene rings is 3. The molecular formula is C30H37N3O6S. The minimum Gasteiger partial charge on any atom is -0.497 e. The summed E-state index contributed by atoms with van der Waals surface area (Å²) < 4.78 is 40.1. The van der Waals surface area contributed by atoms with Crippen molar-refractivity contribution in [2.75, 3.05) is 38.6 Å². The number of hydrogen-bond donors (Lipinski definition) is 2. The number of nitrogens with zero attached hydrogens (tertiary/aromatic N) is 2. The molecule has 3 aromatic carbocycles. The summed E-state index contributed by atoms with van der Waals surface area (Å²) in [6.07, 6.45) is -0.268. The lowest BCUT2D eigenvalue weighted by Gasteiger charge is -2.38. The molecule has 40 heavy (non-hydrogen) atoms. The minimum absolute atomic E-state index is 0.0410. The van der Waals surface area contributed by atoms with Crippen LogP contribution in [0, 0.1) is 5.92 Å². The molecule has 0 fully saturated rings. The molecule has 1 amide bonds.